The molecule has 0 aliphatic heterocycles. The quantitative estimate of drug-likeness (QED) is 0.785. The minimum absolute atomic E-state index is 0.694. The van der Waals surface area contributed by atoms with E-state index in [1.807, 2.05) is 0 Å². The molecular weight excluding hydrogens is 252 g/mol. The van der Waals surface area contributed by atoms with Gasteiger partial charge in [0, 0.05) is 5.56 Å². The highest BCUT2D eigenvalue weighted by atomic mass is 32.1. The number of benzene rings is 2. The highest BCUT2D eigenvalue weighted by molar-refractivity contribution is 7.21. The van der Waals surface area contributed by atoms with Crippen molar-refractivity contribution in [1.82, 2.24) is 4.98 Å². The molecule has 0 aliphatic carbocycles. The summed E-state index contributed by atoms with van der Waals surface area (Å²) in [5, 5.41) is 1.08. The van der Waals surface area contributed by atoms with Crippen molar-refractivity contribution in [3.05, 3.63) is 53.6 Å². The van der Waals surface area contributed by atoms with Gasteiger partial charge in [0.2, 0.25) is 0 Å². The predicted octanol–water partition coefficient (Wildman–Crippen LogP) is 3.77. The van der Waals surface area contributed by atoms with Crippen molar-refractivity contribution < 1.29 is 0 Å². The molecule has 2 aromatic carbocycles. The van der Waals surface area contributed by atoms with Crippen molar-refractivity contribution in [2.75, 3.05) is 6.54 Å². The minimum atomic E-state index is 0.694. The molecule has 0 fully saturated rings. The lowest BCUT2D eigenvalue weighted by Crippen LogP contribution is -2.02. The maximum absolute atomic E-state index is 5.56. The van der Waals surface area contributed by atoms with E-state index in [2.05, 4.69) is 49.4 Å². The van der Waals surface area contributed by atoms with E-state index in [4.69, 9.17) is 10.7 Å². The summed E-state index contributed by atoms with van der Waals surface area (Å²) in [6.07, 6.45) is 0.930. The average molecular weight is 268 g/mol. The van der Waals surface area contributed by atoms with Gasteiger partial charge in [-0.05, 0) is 43.1 Å². The summed E-state index contributed by atoms with van der Waals surface area (Å²) in [6, 6.07) is 14.9. The van der Waals surface area contributed by atoms with Crippen molar-refractivity contribution in [2.24, 2.45) is 5.73 Å². The van der Waals surface area contributed by atoms with E-state index >= 15 is 0 Å². The van der Waals surface area contributed by atoms with Crippen LogP contribution in [0.3, 0.4) is 0 Å². The largest absolute Gasteiger partial charge is 0.330 e. The zero-order valence-corrected chi connectivity index (χ0v) is 11.7. The Bertz CT molecular complexity index is 698. The minimum Gasteiger partial charge on any atom is -0.330 e. The van der Waals surface area contributed by atoms with Crippen molar-refractivity contribution in [2.45, 2.75) is 13.3 Å². The van der Waals surface area contributed by atoms with Gasteiger partial charge < -0.3 is 5.73 Å². The number of nitrogens with zero attached hydrogens (tertiary/aromatic N) is 1. The lowest BCUT2D eigenvalue weighted by molar-refractivity contribution is 0.969. The number of rotatable bonds is 3. The van der Waals surface area contributed by atoms with Gasteiger partial charge in [0.25, 0.3) is 0 Å². The maximum atomic E-state index is 5.56. The average Bonchev–Trinajstić information content (AvgIpc) is 2.83. The summed E-state index contributed by atoms with van der Waals surface area (Å²) in [7, 11) is 0. The zero-order chi connectivity index (χ0) is 13.2. The molecule has 2 N–H and O–H groups in total. The second kappa shape index (κ2) is 5.11. The van der Waals surface area contributed by atoms with Crippen LogP contribution in [0.5, 0.6) is 0 Å². The predicted molar refractivity (Wildman–Crippen MR) is 82.6 cm³/mol. The molecule has 0 radical (unpaired) electrons. The molecule has 2 nitrogen and oxygen atoms in total. The summed E-state index contributed by atoms with van der Waals surface area (Å²) in [5.41, 5.74) is 10.4. The third-order valence-electron chi connectivity index (χ3n) is 3.18. The van der Waals surface area contributed by atoms with E-state index in [0.717, 1.165) is 16.9 Å². The maximum Gasteiger partial charge on any atom is 0.124 e. The van der Waals surface area contributed by atoms with Crippen LogP contribution in [-0.4, -0.2) is 11.5 Å². The van der Waals surface area contributed by atoms with Crippen LogP contribution >= 0.6 is 11.3 Å². The first kappa shape index (κ1) is 12.3. The molecule has 0 atom stereocenters. The summed E-state index contributed by atoms with van der Waals surface area (Å²) in [4.78, 5) is 4.69. The lowest BCUT2D eigenvalue weighted by Gasteiger charge is -2.00. The molecule has 3 heteroatoms. The first-order valence-corrected chi connectivity index (χ1v) is 7.24. The summed E-state index contributed by atoms with van der Waals surface area (Å²) < 4.78 is 1.25. The number of thiazole rings is 1. The van der Waals surface area contributed by atoms with E-state index in [0.29, 0.717) is 6.54 Å². The smallest absolute Gasteiger partial charge is 0.124 e. The van der Waals surface area contributed by atoms with Crippen molar-refractivity contribution in [3.63, 3.8) is 0 Å². The molecule has 0 aliphatic rings. The number of aryl methyl sites for hydroxylation is 1. The number of hydrogen-bond donors (Lipinski definition) is 1. The van der Waals surface area contributed by atoms with E-state index < -0.39 is 0 Å². The normalized spacial score (nSPS) is 11.1. The molecule has 19 heavy (non-hydrogen) atoms. The molecule has 0 spiro atoms. The van der Waals surface area contributed by atoms with Gasteiger partial charge >= 0.3 is 0 Å². The number of nitrogens with two attached hydrogens (primary N) is 1. The van der Waals surface area contributed by atoms with Gasteiger partial charge in [0.05, 0.1) is 10.2 Å². The van der Waals surface area contributed by atoms with Crippen LogP contribution < -0.4 is 5.73 Å². The standard InChI is InChI=1S/C16H16N2S/c1-11-2-7-14-15(10-11)19-16(18-14)13-5-3-12(4-6-13)8-9-17/h2-7,10H,8-9,17H2,1H3. The molecule has 96 valence electrons. The van der Waals surface area contributed by atoms with Gasteiger partial charge in [0.15, 0.2) is 0 Å². The van der Waals surface area contributed by atoms with E-state index in [1.165, 1.54) is 21.4 Å². The Labute approximate surface area is 116 Å². The van der Waals surface area contributed by atoms with Gasteiger partial charge in [-0.15, -0.1) is 11.3 Å². The summed E-state index contributed by atoms with van der Waals surface area (Å²) in [6.45, 7) is 2.81. The fourth-order valence-corrected chi connectivity index (χ4v) is 3.21. The molecule has 1 aromatic heterocycles. The number of aromatic nitrogens is 1. The highest BCUT2D eigenvalue weighted by Gasteiger charge is 2.06. The Balaban J connectivity index is 1.99. The van der Waals surface area contributed by atoms with Crippen LogP contribution in [0.25, 0.3) is 20.8 Å². The van der Waals surface area contributed by atoms with Crippen LogP contribution in [0.1, 0.15) is 11.1 Å². The van der Waals surface area contributed by atoms with Crippen molar-refractivity contribution >= 4 is 21.6 Å². The van der Waals surface area contributed by atoms with Gasteiger partial charge in [-0.1, -0.05) is 30.3 Å². The Morgan fingerprint density at radius 3 is 2.63 bits per heavy atom. The highest BCUT2D eigenvalue weighted by Crippen LogP contribution is 2.30. The molecule has 3 aromatic rings. The Morgan fingerprint density at radius 2 is 1.89 bits per heavy atom. The first-order valence-electron chi connectivity index (χ1n) is 6.43. The van der Waals surface area contributed by atoms with Crippen LogP contribution in [-0.2, 0) is 6.42 Å². The Hall–Kier alpha value is -1.71. The van der Waals surface area contributed by atoms with Gasteiger partial charge in [0.1, 0.15) is 5.01 Å². The Morgan fingerprint density at radius 1 is 1.11 bits per heavy atom. The SMILES string of the molecule is Cc1ccc2nc(-c3ccc(CCN)cc3)sc2c1. The van der Waals surface area contributed by atoms with Crippen LogP contribution in [0.4, 0.5) is 0 Å². The second-order valence-corrected chi connectivity index (χ2v) is 5.76. The third kappa shape index (κ3) is 2.53. The summed E-state index contributed by atoms with van der Waals surface area (Å²) >= 11 is 1.75. The topological polar surface area (TPSA) is 38.9 Å². The van der Waals surface area contributed by atoms with Crippen LogP contribution in [0, 0.1) is 6.92 Å². The fourth-order valence-electron chi connectivity index (χ4n) is 2.14. The fraction of sp³-hybridized carbons (Fsp3) is 0.188. The molecule has 0 saturated carbocycles. The van der Waals surface area contributed by atoms with Crippen molar-refractivity contribution in [1.29, 1.82) is 0 Å². The molecule has 0 saturated heterocycles. The monoisotopic (exact) mass is 268 g/mol. The summed E-state index contributed by atoms with van der Waals surface area (Å²) in [5.74, 6) is 0. The second-order valence-electron chi connectivity index (χ2n) is 4.73. The Kier molecular flexibility index (Phi) is 3.32. The van der Waals surface area contributed by atoms with E-state index in [-0.39, 0.29) is 0 Å². The lowest BCUT2D eigenvalue weighted by atomic mass is 10.1. The number of hydrogen-bond acceptors (Lipinski definition) is 3. The van der Waals surface area contributed by atoms with Crippen LogP contribution in [0.15, 0.2) is 42.5 Å². The van der Waals surface area contributed by atoms with Gasteiger partial charge in [-0.2, -0.15) is 0 Å². The van der Waals surface area contributed by atoms with Gasteiger partial charge in [-0.3, -0.25) is 0 Å². The molecular formula is C16H16N2S. The molecule has 0 unspecified atom stereocenters. The van der Waals surface area contributed by atoms with Crippen molar-refractivity contribution in [3.8, 4) is 10.6 Å². The van der Waals surface area contributed by atoms with Gasteiger partial charge in [-0.25, -0.2) is 4.98 Å². The molecule has 0 bridgehead atoms. The van der Waals surface area contributed by atoms with E-state index in [1.54, 1.807) is 11.3 Å². The third-order valence-corrected chi connectivity index (χ3v) is 4.25. The number of fused-ring (bicyclic) bond motifs is 1. The van der Waals surface area contributed by atoms with Crippen LogP contribution in [0.2, 0.25) is 0 Å². The zero-order valence-electron chi connectivity index (χ0n) is 10.9. The molecule has 3 rings (SSSR count). The van der Waals surface area contributed by atoms with E-state index in [9.17, 15) is 0 Å². The molecule has 0 amide bonds. The first-order chi connectivity index (χ1) is 9.26. The molecule has 1 heterocycles.